The first kappa shape index (κ1) is 13.3. The van der Waals surface area contributed by atoms with E-state index in [1.54, 1.807) is 0 Å². The number of carbonyl (C=O) groups excluding carboxylic acids is 1. The Morgan fingerprint density at radius 3 is 2.85 bits per heavy atom. The third-order valence-corrected chi connectivity index (χ3v) is 3.80. The molecule has 4 heteroatoms. The standard InChI is InChI=1S/C16H13ClFNO/c17-11-5-6-13(14(18)9-11)16(20)15-12-4-2-1-3-10(12)7-8-19-15/h1-6,9,15,19H,7-8H2. The third-order valence-electron chi connectivity index (χ3n) is 3.57. The Balaban J connectivity index is 2.00. The number of benzene rings is 2. The van der Waals surface area contributed by atoms with E-state index >= 15 is 0 Å². The normalized spacial score (nSPS) is 17.6. The van der Waals surface area contributed by atoms with Gasteiger partial charge in [0.15, 0.2) is 5.78 Å². The molecular weight excluding hydrogens is 277 g/mol. The fraction of sp³-hybridized carbons (Fsp3) is 0.188. The minimum Gasteiger partial charge on any atom is -0.303 e. The minimum atomic E-state index is -0.577. The second-order valence-corrected chi connectivity index (χ2v) is 5.26. The molecule has 1 atom stereocenters. The van der Waals surface area contributed by atoms with Crippen molar-refractivity contribution in [1.82, 2.24) is 5.32 Å². The highest BCUT2D eigenvalue weighted by atomic mass is 35.5. The summed E-state index contributed by atoms with van der Waals surface area (Å²) in [5.74, 6) is -0.835. The first-order valence-corrected chi connectivity index (χ1v) is 6.85. The highest BCUT2D eigenvalue weighted by Crippen LogP contribution is 2.27. The maximum Gasteiger partial charge on any atom is 0.187 e. The number of halogens is 2. The number of hydrogen-bond donors (Lipinski definition) is 1. The lowest BCUT2D eigenvalue weighted by Gasteiger charge is -2.26. The summed E-state index contributed by atoms with van der Waals surface area (Å²) in [6.45, 7) is 0.711. The minimum absolute atomic E-state index is 0.0728. The van der Waals surface area contributed by atoms with Crippen molar-refractivity contribution in [3.8, 4) is 0 Å². The predicted octanol–water partition coefficient (Wildman–Crippen LogP) is 3.55. The summed E-state index contributed by atoms with van der Waals surface area (Å²) in [7, 11) is 0. The Morgan fingerprint density at radius 1 is 1.25 bits per heavy atom. The number of fused-ring (bicyclic) bond motifs is 1. The summed E-state index contributed by atoms with van der Waals surface area (Å²) in [6.07, 6.45) is 0.878. The van der Waals surface area contributed by atoms with Crippen LogP contribution in [0.2, 0.25) is 5.02 Å². The van der Waals surface area contributed by atoms with Gasteiger partial charge in [-0.25, -0.2) is 4.39 Å². The lowest BCUT2D eigenvalue weighted by molar-refractivity contribution is 0.0935. The zero-order valence-electron chi connectivity index (χ0n) is 10.7. The van der Waals surface area contributed by atoms with Gasteiger partial charge in [-0.05, 0) is 35.7 Å². The van der Waals surface area contributed by atoms with Crippen molar-refractivity contribution in [1.29, 1.82) is 0 Å². The van der Waals surface area contributed by atoms with Crippen LogP contribution in [0.15, 0.2) is 42.5 Å². The molecule has 0 aromatic heterocycles. The average molecular weight is 290 g/mol. The number of carbonyl (C=O) groups is 1. The monoisotopic (exact) mass is 289 g/mol. The van der Waals surface area contributed by atoms with Crippen LogP contribution < -0.4 is 5.32 Å². The number of Topliss-reactive ketones (excluding diaryl/α,β-unsaturated/α-hetero) is 1. The summed E-state index contributed by atoms with van der Waals surface area (Å²) in [6, 6.07) is 11.4. The van der Waals surface area contributed by atoms with Crippen LogP contribution in [0.4, 0.5) is 4.39 Å². The van der Waals surface area contributed by atoms with Crippen LogP contribution in [0.3, 0.4) is 0 Å². The van der Waals surface area contributed by atoms with Gasteiger partial charge in [0.2, 0.25) is 0 Å². The molecule has 0 aliphatic carbocycles. The quantitative estimate of drug-likeness (QED) is 0.857. The first-order chi connectivity index (χ1) is 9.66. The lowest BCUT2D eigenvalue weighted by atomic mass is 9.89. The van der Waals surface area contributed by atoms with E-state index < -0.39 is 11.9 Å². The number of rotatable bonds is 2. The third kappa shape index (κ3) is 2.35. The Labute approximate surface area is 121 Å². The van der Waals surface area contributed by atoms with Gasteiger partial charge in [-0.2, -0.15) is 0 Å². The van der Waals surface area contributed by atoms with E-state index in [9.17, 15) is 9.18 Å². The maximum atomic E-state index is 13.9. The summed E-state index contributed by atoms with van der Waals surface area (Å²) in [4.78, 5) is 12.5. The van der Waals surface area contributed by atoms with Gasteiger partial charge >= 0.3 is 0 Å². The van der Waals surface area contributed by atoms with Crippen LogP contribution >= 0.6 is 11.6 Å². The van der Waals surface area contributed by atoms with Crippen molar-refractivity contribution in [2.24, 2.45) is 0 Å². The molecule has 0 amide bonds. The zero-order chi connectivity index (χ0) is 14.1. The van der Waals surface area contributed by atoms with E-state index in [0.717, 1.165) is 17.5 Å². The van der Waals surface area contributed by atoms with E-state index in [1.165, 1.54) is 18.2 Å². The van der Waals surface area contributed by atoms with Crippen molar-refractivity contribution in [3.63, 3.8) is 0 Å². The second kappa shape index (κ2) is 5.35. The molecule has 0 radical (unpaired) electrons. The molecule has 2 aromatic carbocycles. The van der Waals surface area contributed by atoms with Gasteiger partial charge in [0, 0.05) is 11.6 Å². The van der Waals surface area contributed by atoms with Crippen molar-refractivity contribution in [2.75, 3.05) is 6.54 Å². The Hall–Kier alpha value is -1.71. The Bertz CT molecular complexity index is 671. The van der Waals surface area contributed by atoms with Crippen molar-refractivity contribution >= 4 is 17.4 Å². The van der Waals surface area contributed by atoms with Gasteiger partial charge < -0.3 is 5.32 Å². The molecule has 1 aliphatic rings. The van der Waals surface area contributed by atoms with Gasteiger partial charge in [0.1, 0.15) is 5.82 Å². The van der Waals surface area contributed by atoms with Crippen molar-refractivity contribution in [3.05, 3.63) is 70.0 Å². The van der Waals surface area contributed by atoms with Crippen LogP contribution in [0.25, 0.3) is 0 Å². The van der Waals surface area contributed by atoms with Crippen molar-refractivity contribution in [2.45, 2.75) is 12.5 Å². The van der Waals surface area contributed by atoms with Gasteiger partial charge in [-0.3, -0.25) is 4.79 Å². The molecule has 2 nitrogen and oxygen atoms in total. The Kier molecular flexibility index (Phi) is 3.55. The second-order valence-electron chi connectivity index (χ2n) is 4.82. The van der Waals surface area contributed by atoms with Gasteiger partial charge in [-0.1, -0.05) is 35.9 Å². The topological polar surface area (TPSA) is 29.1 Å². The smallest absolute Gasteiger partial charge is 0.187 e. The molecule has 0 spiro atoms. The molecule has 0 saturated carbocycles. The zero-order valence-corrected chi connectivity index (χ0v) is 11.5. The number of hydrogen-bond acceptors (Lipinski definition) is 2. The van der Waals surface area contributed by atoms with Gasteiger partial charge in [-0.15, -0.1) is 0 Å². The van der Waals surface area contributed by atoms with E-state index in [-0.39, 0.29) is 16.4 Å². The van der Waals surface area contributed by atoms with Crippen molar-refractivity contribution < 1.29 is 9.18 Å². The molecule has 2 aromatic rings. The molecular formula is C16H13ClFNO. The maximum absolute atomic E-state index is 13.9. The summed E-state index contributed by atoms with van der Waals surface area (Å²) < 4.78 is 13.9. The fourth-order valence-electron chi connectivity index (χ4n) is 2.58. The molecule has 1 unspecified atom stereocenters. The molecule has 1 aliphatic heterocycles. The lowest BCUT2D eigenvalue weighted by Crippen LogP contribution is -2.35. The van der Waals surface area contributed by atoms with E-state index in [0.29, 0.717) is 6.54 Å². The largest absolute Gasteiger partial charge is 0.303 e. The van der Waals surface area contributed by atoms with E-state index in [1.807, 2.05) is 24.3 Å². The SMILES string of the molecule is O=C(c1ccc(Cl)cc1F)C1NCCc2ccccc21. The molecule has 0 fully saturated rings. The molecule has 1 N–H and O–H groups in total. The van der Waals surface area contributed by atoms with Crippen LogP contribution in [-0.2, 0) is 6.42 Å². The molecule has 102 valence electrons. The Morgan fingerprint density at radius 2 is 2.05 bits per heavy atom. The van der Waals surface area contributed by atoms with Gasteiger partial charge in [0.25, 0.3) is 0 Å². The highest BCUT2D eigenvalue weighted by Gasteiger charge is 2.28. The number of nitrogens with one attached hydrogen (secondary N) is 1. The first-order valence-electron chi connectivity index (χ1n) is 6.47. The predicted molar refractivity (Wildman–Crippen MR) is 76.6 cm³/mol. The molecule has 20 heavy (non-hydrogen) atoms. The molecule has 1 heterocycles. The van der Waals surface area contributed by atoms with E-state index in [4.69, 9.17) is 11.6 Å². The van der Waals surface area contributed by atoms with Crippen LogP contribution in [-0.4, -0.2) is 12.3 Å². The molecule has 3 rings (SSSR count). The summed E-state index contributed by atoms with van der Waals surface area (Å²) >= 11 is 5.72. The fourth-order valence-corrected chi connectivity index (χ4v) is 2.74. The average Bonchev–Trinajstić information content (AvgIpc) is 2.46. The summed E-state index contributed by atoms with van der Waals surface area (Å²) in [5.41, 5.74) is 2.14. The highest BCUT2D eigenvalue weighted by molar-refractivity contribution is 6.30. The molecule has 0 saturated heterocycles. The molecule has 0 bridgehead atoms. The van der Waals surface area contributed by atoms with E-state index in [2.05, 4.69) is 5.32 Å². The summed E-state index contributed by atoms with van der Waals surface area (Å²) in [5, 5.41) is 3.45. The van der Waals surface area contributed by atoms with Crippen LogP contribution in [0.1, 0.15) is 27.5 Å². The van der Waals surface area contributed by atoms with Crippen LogP contribution in [0, 0.1) is 5.82 Å². The number of ketones is 1. The van der Waals surface area contributed by atoms with Gasteiger partial charge in [0.05, 0.1) is 11.6 Å². The van der Waals surface area contributed by atoms with Crippen LogP contribution in [0.5, 0.6) is 0 Å².